The average Bonchev–Trinajstić information content (AvgIpc) is 3.00. The van der Waals surface area contributed by atoms with Crippen molar-refractivity contribution in [2.75, 3.05) is 17.3 Å². The molecule has 1 fully saturated rings. The predicted molar refractivity (Wildman–Crippen MR) is 168 cm³/mol. The Hall–Kier alpha value is -3.36. The molecule has 3 aromatic rings. The molecule has 0 aliphatic carbocycles. The molecular formula is C29H24Cl2N3O7S3+. The lowest BCUT2D eigenvalue weighted by atomic mass is 10.0. The van der Waals surface area contributed by atoms with Crippen LogP contribution in [0.15, 0.2) is 88.1 Å². The summed E-state index contributed by atoms with van der Waals surface area (Å²) in [6, 6.07) is 12.5. The second-order valence-electron chi connectivity index (χ2n) is 9.68. The van der Waals surface area contributed by atoms with Crippen LogP contribution in [0.5, 0.6) is 5.75 Å². The number of fused-ring (bicyclic) bond motifs is 1. The molecule has 2 aliphatic heterocycles. The van der Waals surface area contributed by atoms with E-state index in [0.29, 0.717) is 37.6 Å². The van der Waals surface area contributed by atoms with E-state index in [1.54, 1.807) is 54.9 Å². The average molecular weight is 694 g/mol. The molecule has 0 spiro atoms. The lowest BCUT2D eigenvalue weighted by Gasteiger charge is -2.49. The van der Waals surface area contributed by atoms with E-state index >= 15 is 0 Å². The number of phenols is 1. The van der Waals surface area contributed by atoms with Crippen molar-refractivity contribution in [1.82, 2.24) is 10.2 Å². The fourth-order valence-corrected chi connectivity index (χ4v) is 8.38. The van der Waals surface area contributed by atoms with Crippen LogP contribution in [0.3, 0.4) is 0 Å². The summed E-state index contributed by atoms with van der Waals surface area (Å²) in [6.07, 6.45) is 3.24. The summed E-state index contributed by atoms with van der Waals surface area (Å²) in [7, 11) is 0. The topological polar surface area (TPSA) is 148 Å². The number of aromatic nitrogens is 1. The van der Waals surface area contributed by atoms with E-state index in [9.17, 15) is 34.5 Å². The number of carbonyl (C=O) groups is 4. The third-order valence-corrected chi connectivity index (χ3v) is 11.0. The van der Waals surface area contributed by atoms with E-state index in [1.165, 1.54) is 56.9 Å². The molecule has 15 heteroatoms. The maximum Gasteiger partial charge on any atom is 0.378 e. The number of thioether (sulfide) groups is 3. The number of aromatic hydroxyl groups is 1. The number of amides is 2. The molecule has 44 heavy (non-hydrogen) atoms. The number of β-lactam (4-membered cyclic amide) rings is 1. The Morgan fingerprint density at radius 2 is 1.75 bits per heavy atom. The molecule has 4 N–H and O–H groups in total. The lowest BCUT2D eigenvalue weighted by Crippen LogP contribution is -2.70. The van der Waals surface area contributed by atoms with Gasteiger partial charge in [0.25, 0.3) is 11.9 Å². The van der Waals surface area contributed by atoms with Gasteiger partial charge >= 0.3 is 11.9 Å². The Bertz CT molecular complexity index is 1650. The first-order chi connectivity index (χ1) is 21.0. The number of hydrogen-bond acceptors (Lipinski definition) is 8. The van der Waals surface area contributed by atoms with Crippen LogP contribution >= 0.6 is 58.5 Å². The fourth-order valence-electron chi connectivity index (χ4n) is 4.70. The maximum absolute atomic E-state index is 13.0. The van der Waals surface area contributed by atoms with Crippen molar-refractivity contribution in [3.63, 3.8) is 0 Å². The number of halogens is 2. The van der Waals surface area contributed by atoms with Crippen molar-refractivity contribution in [3.8, 4) is 5.75 Å². The standard InChI is InChI=1S/C29H23Cl2N3O7S3/c30-17-3-6-20(31)21(11-17)43-14-22(36)32-23-26(37)34-25(29(40)41)16(13-44-27(23)34)12-42-19-7-9-33(10-8-19)24(28(38)39)15-1-4-18(35)5-2-15/h1-11,23-24,27H,12-14H2,(H3-,32,35,36,38,39,40,41)/p+1/t23-,24-,27+/m0/s1. The highest BCUT2D eigenvalue weighted by molar-refractivity contribution is 8.01. The van der Waals surface area contributed by atoms with E-state index in [-0.39, 0.29) is 23.1 Å². The molecule has 228 valence electrons. The minimum absolute atomic E-state index is 0.00394. The molecule has 0 bridgehead atoms. The third kappa shape index (κ3) is 6.97. The summed E-state index contributed by atoms with van der Waals surface area (Å²) in [4.78, 5) is 52.5. The van der Waals surface area contributed by atoms with Crippen LogP contribution in [-0.4, -0.2) is 72.6 Å². The van der Waals surface area contributed by atoms with Gasteiger partial charge in [-0.25, -0.2) is 9.59 Å². The fraction of sp³-hybridized carbons (Fsp3) is 0.207. The SMILES string of the molecule is O=C(CSc1cc(Cl)ccc1Cl)N[C@H]1C(=O)N2C(C(=O)O)=C(CSc3cc[n+]([C@H](C(=O)O)c4ccc(O)cc4)cc3)CS[C@H]12. The van der Waals surface area contributed by atoms with E-state index < -0.39 is 35.3 Å². The summed E-state index contributed by atoms with van der Waals surface area (Å²) in [5.41, 5.74) is 0.974. The second-order valence-corrected chi connectivity index (χ2v) is 13.7. The number of pyridine rings is 1. The van der Waals surface area contributed by atoms with Gasteiger partial charge in [-0.05, 0) is 48.0 Å². The normalized spacial score (nSPS) is 18.3. The maximum atomic E-state index is 13.0. The van der Waals surface area contributed by atoms with Crippen molar-refractivity contribution < 1.29 is 39.1 Å². The van der Waals surface area contributed by atoms with Gasteiger partial charge in [0.1, 0.15) is 22.9 Å². The molecule has 2 amide bonds. The summed E-state index contributed by atoms with van der Waals surface area (Å²) in [5.74, 6) is -2.47. The van der Waals surface area contributed by atoms with Crippen LogP contribution in [0.25, 0.3) is 0 Å². The van der Waals surface area contributed by atoms with Crippen molar-refractivity contribution in [1.29, 1.82) is 0 Å². The minimum atomic E-state index is -1.22. The molecular weight excluding hydrogens is 669 g/mol. The number of aliphatic carboxylic acids is 2. The highest BCUT2D eigenvalue weighted by atomic mass is 35.5. The van der Waals surface area contributed by atoms with E-state index in [1.807, 2.05) is 0 Å². The zero-order valence-electron chi connectivity index (χ0n) is 22.6. The van der Waals surface area contributed by atoms with Crippen LogP contribution in [0.4, 0.5) is 0 Å². The van der Waals surface area contributed by atoms with E-state index in [4.69, 9.17) is 23.2 Å². The molecule has 3 heterocycles. The molecule has 2 aromatic carbocycles. The quantitative estimate of drug-likeness (QED) is 0.130. The zero-order valence-corrected chi connectivity index (χ0v) is 26.5. The number of phenolic OH excluding ortho intramolecular Hbond substituents is 1. The van der Waals surface area contributed by atoms with Crippen LogP contribution in [0.1, 0.15) is 11.6 Å². The number of nitrogens with one attached hydrogen (secondary N) is 1. The van der Waals surface area contributed by atoms with Gasteiger partial charge in [-0.3, -0.25) is 14.5 Å². The van der Waals surface area contributed by atoms with Crippen LogP contribution in [0, 0.1) is 0 Å². The Morgan fingerprint density at radius 1 is 1.05 bits per heavy atom. The first-order valence-corrected chi connectivity index (χ1v) is 16.7. The van der Waals surface area contributed by atoms with E-state index in [2.05, 4.69) is 5.32 Å². The Morgan fingerprint density at radius 3 is 2.41 bits per heavy atom. The predicted octanol–water partition coefficient (Wildman–Crippen LogP) is 4.28. The van der Waals surface area contributed by atoms with Gasteiger partial charge < -0.3 is 20.6 Å². The van der Waals surface area contributed by atoms with E-state index in [0.717, 1.165) is 4.90 Å². The van der Waals surface area contributed by atoms with Crippen molar-refractivity contribution in [3.05, 3.63) is 93.9 Å². The Labute approximate surface area is 274 Å². The molecule has 0 saturated carbocycles. The number of benzene rings is 2. The molecule has 0 radical (unpaired) electrons. The molecule has 3 atom stereocenters. The van der Waals surface area contributed by atoms with Crippen molar-refractivity contribution in [2.45, 2.75) is 27.2 Å². The van der Waals surface area contributed by atoms with Gasteiger partial charge in [-0.1, -0.05) is 23.2 Å². The first-order valence-electron chi connectivity index (χ1n) is 13.0. The molecule has 2 aliphatic rings. The summed E-state index contributed by atoms with van der Waals surface area (Å²) in [5, 5.41) is 32.4. The Balaban J connectivity index is 1.21. The van der Waals surface area contributed by atoms with Crippen LogP contribution < -0.4 is 9.88 Å². The summed E-state index contributed by atoms with van der Waals surface area (Å²) in [6.45, 7) is 0. The summed E-state index contributed by atoms with van der Waals surface area (Å²) < 4.78 is 1.52. The smallest absolute Gasteiger partial charge is 0.378 e. The largest absolute Gasteiger partial charge is 0.508 e. The molecule has 10 nitrogen and oxygen atoms in total. The molecule has 1 saturated heterocycles. The molecule has 0 unspecified atom stereocenters. The van der Waals surface area contributed by atoms with Crippen molar-refractivity contribution in [2.24, 2.45) is 0 Å². The number of carboxylic acid groups (broad SMARTS) is 2. The highest BCUT2D eigenvalue weighted by Gasteiger charge is 2.54. The number of carboxylic acids is 2. The highest BCUT2D eigenvalue weighted by Crippen LogP contribution is 2.41. The van der Waals surface area contributed by atoms with Gasteiger partial charge in [-0.2, -0.15) is 4.57 Å². The minimum Gasteiger partial charge on any atom is -0.508 e. The van der Waals surface area contributed by atoms with Gasteiger partial charge in [0.05, 0.1) is 10.8 Å². The Kier molecular flexibility index (Phi) is 10.0. The van der Waals surface area contributed by atoms with Crippen LogP contribution in [-0.2, 0) is 19.2 Å². The van der Waals surface area contributed by atoms with Crippen LogP contribution in [0.2, 0.25) is 10.0 Å². The summed E-state index contributed by atoms with van der Waals surface area (Å²) >= 11 is 16.1. The number of rotatable bonds is 11. The van der Waals surface area contributed by atoms with Gasteiger partial charge in [0.15, 0.2) is 12.4 Å². The van der Waals surface area contributed by atoms with Crippen molar-refractivity contribution >= 4 is 82.2 Å². The van der Waals surface area contributed by atoms with Gasteiger partial charge in [0, 0.05) is 44.0 Å². The van der Waals surface area contributed by atoms with Gasteiger partial charge in [0.2, 0.25) is 5.91 Å². The first kappa shape index (κ1) is 32.0. The second kappa shape index (κ2) is 13.7. The molecule has 5 rings (SSSR count). The number of carbonyl (C=O) groups excluding carboxylic acids is 2. The lowest BCUT2D eigenvalue weighted by molar-refractivity contribution is -0.702. The third-order valence-electron chi connectivity index (χ3n) is 6.79. The van der Waals surface area contributed by atoms with Gasteiger partial charge in [-0.15, -0.1) is 35.3 Å². The number of nitrogens with zero attached hydrogens (tertiary/aromatic N) is 2. The number of hydrogen-bond donors (Lipinski definition) is 4. The molecule has 1 aromatic heterocycles. The monoisotopic (exact) mass is 692 g/mol. The zero-order chi connectivity index (χ0) is 31.5.